The van der Waals surface area contributed by atoms with Gasteiger partial charge in [0, 0.05) is 0 Å². The molecule has 1 N–H and O–H groups in total. The van der Waals surface area contributed by atoms with Gasteiger partial charge >= 0.3 is 12.0 Å². The predicted molar refractivity (Wildman–Crippen MR) is 85.1 cm³/mol. The Morgan fingerprint density at radius 2 is 1.45 bits per heavy atom. The van der Waals surface area contributed by atoms with Crippen molar-refractivity contribution in [2.45, 2.75) is 6.92 Å². The van der Waals surface area contributed by atoms with E-state index in [9.17, 15) is 9.59 Å². The van der Waals surface area contributed by atoms with Gasteiger partial charge in [0.05, 0.1) is 18.0 Å². The second kappa shape index (κ2) is 7.83. The van der Waals surface area contributed by atoms with Crippen LogP contribution in [-0.2, 0) is 9.53 Å². The van der Waals surface area contributed by atoms with E-state index in [2.05, 4.69) is 5.32 Å². The van der Waals surface area contributed by atoms with Crippen LogP contribution in [0.4, 0.5) is 16.2 Å². The molecule has 0 unspecified atom stereocenters. The molecule has 5 nitrogen and oxygen atoms in total. The van der Waals surface area contributed by atoms with Crippen LogP contribution in [0.5, 0.6) is 0 Å². The lowest BCUT2D eigenvalue weighted by Crippen LogP contribution is -2.40. The number of carbonyl (C=O) groups is 2. The number of urea groups is 1. The van der Waals surface area contributed by atoms with Crippen LogP contribution in [0.15, 0.2) is 60.7 Å². The summed E-state index contributed by atoms with van der Waals surface area (Å²) in [5.74, 6) is -0.461. The molecule has 0 aliphatic heterocycles. The van der Waals surface area contributed by atoms with Gasteiger partial charge in [-0.15, -0.1) is 0 Å². The van der Waals surface area contributed by atoms with E-state index in [-0.39, 0.29) is 19.2 Å². The van der Waals surface area contributed by atoms with Gasteiger partial charge in [-0.3, -0.25) is 9.69 Å². The van der Waals surface area contributed by atoms with Crippen molar-refractivity contribution in [3.63, 3.8) is 0 Å². The molecule has 0 fully saturated rings. The Kier molecular flexibility index (Phi) is 5.54. The highest BCUT2D eigenvalue weighted by Crippen LogP contribution is 2.24. The highest BCUT2D eigenvalue weighted by Gasteiger charge is 2.18. The van der Waals surface area contributed by atoms with Crippen molar-refractivity contribution in [1.29, 1.82) is 0 Å². The maximum atomic E-state index is 12.5. The Bertz CT molecular complexity index is 575. The average Bonchev–Trinajstić information content (AvgIpc) is 2.55. The number of amides is 2. The third-order valence-electron chi connectivity index (χ3n) is 2.92. The number of hydrogen-bond acceptors (Lipinski definition) is 3. The zero-order valence-corrected chi connectivity index (χ0v) is 12.4. The van der Waals surface area contributed by atoms with Crippen LogP contribution in [0.25, 0.3) is 0 Å². The number of ether oxygens (including phenoxy) is 1. The number of nitrogens with zero attached hydrogens (tertiary/aromatic N) is 1. The first-order valence-electron chi connectivity index (χ1n) is 7.06. The fraction of sp³-hybridized carbons (Fsp3) is 0.176. The summed E-state index contributed by atoms with van der Waals surface area (Å²) in [6.07, 6.45) is 0. The Labute approximate surface area is 129 Å². The molecular weight excluding hydrogens is 280 g/mol. The maximum Gasteiger partial charge on any atom is 0.326 e. The van der Waals surface area contributed by atoms with Crippen LogP contribution in [-0.4, -0.2) is 25.2 Å². The van der Waals surface area contributed by atoms with Crippen molar-refractivity contribution >= 4 is 23.4 Å². The number of carbonyl (C=O) groups excluding carboxylic acids is 2. The molecule has 2 aromatic rings. The molecule has 114 valence electrons. The standard InChI is InChI=1S/C17H18N2O3/c1-2-22-16(20)13-18-17(21)19(14-9-5-3-6-10-14)15-11-7-4-8-12-15/h3-12H,2,13H2,1H3,(H,18,21). The number of anilines is 2. The second-order valence-electron chi connectivity index (χ2n) is 4.47. The Hall–Kier alpha value is -2.82. The normalized spacial score (nSPS) is 9.86. The van der Waals surface area contributed by atoms with Gasteiger partial charge in [-0.05, 0) is 31.2 Å². The largest absolute Gasteiger partial charge is 0.465 e. The van der Waals surface area contributed by atoms with Gasteiger partial charge in [-0.25, -0.2) is 4.79 Å². The first-order valence-corrected chi connectivity index (χ1v) is 7.06. The number of hydrogen-bond donors (Lipinski definition) is 1. The third-order valence-corrected chi connectivity index (χ3v) is 2.92. The zero-order valence-electron chi connectivity index (χ0n) is 12.4. The highest BCUT2D eigenvalue weighted by molar-refractivity contribution is 6.00. The van der Waals surface area contributed by atoms with E-state index in [0.717, 1.165) is 11.4 Å². The minimum atomic E-state index is -0.461. The van der Waals surface area contributed by atoms with Gasteiger partial charge < -0.3 is 10.1 Å². The van der Waals surface area contributed by atoms with E-state index in [4.69, 9.17) is 4.74 Å². The maximum absolute atomic E-state index is 12.5. The van der Waals surface area contributed by atoms with Gasteiger partial charge in [-0.2, -0.15) is 0 Å². The Balaban J connectivity index is 2.18. The molecule has 0 radical (unpaired) electrons. The second-order valence-corrected chi connectivity index (χ2v) is 4.47. The summed E-state index contributed by atoms with van der Waals surface area (Å²) in [5, 5.41) is 2.58. The molecule has 0 heterocycles. The number of para-hydroxylation sites is 2. The van der Waals surface area contributed by atoms with Crippen molar-refractivity contribution in [2.75, 3.05) is 18.1 Å². The van der Waals surface area contributed by atoms with Crippen LogP contribution < -0.4 is 10.2 Å². The third kappa shape index (κ3) is 4.09. The molecule has 0 aliphatic carbocycles. The van der Waals surface area contributed by atoms with Crippen LogP contribution in [0.3, 0.4) is 0 Å². The Morgan fingerprint density at radius 1 is 0.955 bits per heavy atom. The lowest BCUT2D eigenvalue weighted by molar-refractivity contribution is -0.141. The van der Waals surface area contributed by atoms with E-state index in [0.29, 0.717) is 0 Å². The number of esters is 1. The number of nitrogens with one attached hydrogen (secondary N) is 1. The van der Waals surface area contributed by atoms with Crippen LogP contribution >= 0.6 is 0 Å². The minimum absolute atomic E-state index is 0.164. The lowest BCUT2D eigenvalue weighted by atomic mass is 10.2. The Morgan fingerprint density at radius 3 is 1.91 bits per heavy atom. The molecule has 2 rings (SSSR count). The first kappa shape index (κ1) is 15.6. The number of benzene rings is 2. The molecule has 0 aromatic heterocycles. The van der Waals surface area contributed by atoms with Crippen molar-refractivity contribution in [3.05, 3.63) is 60.7 Å². The molecule has 0 atom stereocenters. The minimum Gasteiger partial charge on any atom is -0.465 e. The quantitative estimate of drug-likeness (QED) is 0.863. The van der Waals surface area contributed by atoms with Crippen molar-refractivity contribution < 1.29 is 14.3 Å². The SMILES string of the molecule is CCOC(=O)CNC(=O)N(c1ccccc1)c1ccccc1. The number of rotatable bonds is 5. The first-order chi connectivity index (χ1) is 10.7. The molecule has 0 aliphatic rings. The van der Waals surface area contributed by atoms with Gasteiger partial charge in [-0.1, -0.05) is 36.4 Å². The molecule has 22 heavy (non-hydrogen) atoms. The highest BCUT2D eigenvalue weighted by atomic mass is 16.5. The average molecular weight is 298 g/mol. The van der Waals surface area contributed by atoms with Crippen molar-refractivity contribution in [2.24, 2.45) is 0 Å². The van der Waals surface area contributed by atoms with Gasteiger partial charge in [0.25, 0.3) is 0 Å². The van der Waals surface area contributed by atoms with Crippen LogP contribution in [0.1, 0.15) is 6.92 Å². The molecule has 0 saturated heterocycles. The van der Waals surface area contributed by atoms with Gasteiger partial charge in [0.1, 0.15) is 6.54 Å². The van der Waals surface area contributed by atoms with E-state index in [1.54, 1.807) is 6.92 Å². The summed E-state index contributed by atoms with van der Waals surface area (Å²) >= 11 is 0. The molecule has 2 aromatic carbocycles. The molecule has 2 amide bonds. The van der Waals surface area contributed by atoms with Crippen LogP contribution in [0, 0.1) is 0 Å². The summed E-state index contributed by atoms with van der Waals surface area (Å²) in [4.78, 5) is 25.4. The smallest absolute Gasteiger partial charge is 0.326 e. The fourth-order valence-electron chi connectivity index (χ4n) is 1.98. The van der Waals surface area contributed by atoms with Gasteiger partial charge in [0.15, 0.2) is 0 Å². The summed E-state index contributed by atoms with van der Waals surface area (Å²) in [5.41, 5.74) is 1.44. The van der Waals surface area contributed by atoms with Crippen molar-refractivity contribution in [3.8, 4) is 0 Å². The van der Waals surface area contributed by atoms with Crippen molar-refractivity contribution in [1.82, 2.24) is 5.32 Å². The zero-order chi connectivity index (χ0) is 15.8. The summed E-state index contributed by atoms with van der Waals surface area (Å²) < 4.78 is 4.81. The van der Waals surface area contributed by atoms with E-state index < -0.39 is 5.97 Å². The molecular formula is C17H18N2O3. The van der Waals surface area contributed by atoms with Crippen LogP contribution in [0.2, 0.25) is 0 Å². The predicted octanol–water partition coefficient (Wildman–Crippen LogP) is 3.10. The molecule has 0 bridgehead atoms. The van der Waals surface area contributed by atoms with E-state index >= 15 is 0 Å². The summed E-state index contributed by atoms with van der Waals surface area (Å²) in [6.45, 7) is 1.85. The van der Waals surface area contributed by atoms with Gasteiger partial charge in [0.2, 0.25) is 0 Å². The molecule has 0 saturated carbocycles. The topological polar surface area (TPSA) is 58.6 Å². The summed E-state index contributed by atoms with van der Waals surface area (Å²) in [6, 6.07) is 18.1. The monoisotopic (exact) mass is 298 g/mol. The van der Waals surface area contributed by atoms with E-state index in [1.807, 2.05) is 60.7 Å². The summed E-state index contributed by atoms with van der Waals surface area (Å²) in [7, 11) is 0. The lowest BCUT2D eigenvalue weighted by Gasteiger charge is -2.23. The van der Waals surface area contributed by atoms with E-state index in [1.165, 1.54) is 4.90 Å². The fourth-order valence-corrected chi connectivity index (χ4v) is 1.98. The molecule has 5 heteroatoms. The molecule has 0 spiro atoms.